The maximum absolute atomic E-state index is 13.2. The summed E-state index contributed by atoms with van der Waals surface area (Å²) in [6.45, 7) is 5.80. The molecule has 0 spiro atoms. The fourth-order valence-electron chi connectivity index (χ4n) is 3.96. The van der Waals surface area contributed by atoms with Gasteiger partial charge in [0.1, 0.15) is 23.9 Å². The zero-order valence-corrected chi connectivity index (χ0v) is 19.2. The summed E-state index contributed by atoms with van der Waals surface area (Å²) >= 11 is 0. The van der Waals surface area contributed by atoms with E-state index in [1.807, 2.05) is 72.5 Å². The second-order valence-electron chi connectivity index (χ2n) is 7.84. The molecule has 1 aliphatic rings. The van der Waals surface area contributed by atoms with Crippen molar-refractivity contribution in [3.05, 3.63) is 83.9 Å². The van der Waals surface area contributed by atoms with Crippen molar-refractivity contribution in [2.75, 3.05) is 44.8 Å². The monoisotopic (exact) mass is 446 g/mol. The van der Waals surface area contributed by atoms with Crippen molar-refractivity contribution in [3.63, 3.8) is 0 Å². The van der Waals surface area contributed by atoms with E-state index < -0.39 is 0 Å². The van der Waals surface area contributed by atoms with Gasteiger partial charge in [0.25, 0.3) is 5.91 Å². The third-order valence-corrected chi connectivity index (χ3v) is 5.73. The zero-order valence-electron chi connectivity index (χ0n) is 19.2. The fourth-order valence-corrected chi connectivity index (χ4v) is 3.96. The Morgan fingerprint density at radius 3 is 2.33 bits per heavy atom. The first kappa shape index (κ1) is 22.5. The van der Waals surface area contributed by atoms with Crippen LogP contribution in [-0.4, -0.2) is 50.7 Å². The summed E-state index contributed by atoms with van der Waals surface area (Å²) in [5, 5.41) is 0. The number of carbonyl (C=O) groups excluding carboxylic acids is 1. The van der Waals surface area contributed by atoms with Crippen molar-refractivity contribution in [1.82, 2.24) is 4.90 Å². The minimum Gasteiger partial charge on any atom is -0.497 e. The number of para-hydroxylation sites is 1. The fraction of sp³-hybridized carbons (Fsp3) is 0.296. The van der Waals surface area contributed by atoms with Crippen LogP contribution in [0.5, 0.6) is 17.2 Å². The molecule has 1 heterocycles. The largest absolute Gasteiger partial charge is 0.497 e. The summed E-state index contributed by atoms with van der Waals surface area (Å²) in [4.78, 5) is 17.5. The van der Waals surface area contributed by atoms with E-state index in [1.165, 1.54) is 5.69 Å². The molecule has 0 atom stereocenters. The Morgan fingerprint density at radius 1 is 0.848 bits per heavy atom. The molecule has 4 rings (SSSR count). The first-order valence-corrected chi connectivity index (χ1v) is 11.3. The van der Waals surface area contributed by atoms with Crippen LogP contribution in [0.3, 0.4) is 0 Å². The minimum absolute atomic E-state index is 0.0355. The van der Waals surface area contributed by atoms with Crippen molar-refractivity contribution < 1.29 is 19.0 Å². The van der Waals surface area contributed by atoms with E-state index in [2.05, 4.69) is 17.0 Å². The van der Waals surface area contributed by atoms with Crippen LogP contribution in [0.1, 0.15) is 22.8 Å². The number of hydrogen-bond donors (Lipinski definition) is 0. The van der Waals surface area contributed by atoms with E-state index in [9.17, 15) is 4.79 Å². The molecule has 3 aromatic rings. The SMILES string of the molecule is CCOc1ccc(C(=O)N2CCN(c3ccccc3)CC2)cc1COc1cccc(OC)c1. The molecule has 33 heavy (non-hydrogen) atoms. The molecule has 1 saturated heterocycles. The van der Waals surface area contributed by atoms with E-state index in [0.29, 0.717) is 37.6 Å². The lowest BCUT2D eigenvalue weighted by molar-refractivity contribution is 0.0746. The molecule has 0 N–H and O–H groups in total. The van der Waals surface area contributed by atoms with Gasteiger partial charge in [-0.2, -0.15) is 0 Å². The van der Waals surface area contributed by atoms with E-state index in [-0.39, 0.29) is 5.91 Å². The van der Waals surface area contributed by atoms with Crippen LogP contribution in [-0.2, 0) is 6.61 Å². The highest BCUT2D eigenvalue weighted by molar-refractivity contribution is 5.94. The summed E-state index contributed by atoms with van der Waals surface area (Å²) in [7, 11) is 1.63. The van der Waals surface area contributed by atoms with Crippen LogP contribution >= 0.6 is 0 Å². The maximum Gasteiger partial charge on any atom is 0.253 e. The molecule has 3 aromatic carbocycles. The van der Waals surface area contributed by atoms with Gasteiger partial charge in [0.15, 0.2) is 0 Å². The maximum atomic E-state index is 13.2. The molecule has 0 bridgehead atoms. The molecule has 172 valence electrons. The molecule has 0 aromatic heterocycles. The van der Waals surface area contributed by atoms with Crippen LogP contribution in [0.15, 0.2) is 72.8 Å². The number of amides is 1. The molecular weight excluding hydrogens is 416 g/mol. The standard InChI is InChI=1S/C27H30N2O4/c1-3-32-26-13-12-21(18-22(26)20-33-25-11-7-10-24(19-25)31-2)27(30)29-16-14-28(15-17-29)23-8-5-4-6-9-23/h4-13,18-19H,3,14-17,20H2,1-2H3. The van der Waals surface area contributed by atoms with Crippen LogP contribution < -0.4 is 19.1 Å². The summed E-state index contributed by atoms with van der Waals surface area (Å²) < 4.78 is 17.0. The Balaban J connectivity index is 1.44. The Morgan fingerprint density at radius 2 is 1.61 bits per heavy atom. The number of hydrogen-bond acceptors (Lipinski definition) is 5. The van der Waals surface area contributed by atoms with Gasteiger partial charge in [-0.3, -0.25) is 4.79 Å². The van der Waals surface area contributed by atoms with Crippen molar-refractivity contribution in [2.45, 2.75) is 13.5 Å². The van der Waals surface area contributed by atoms with Crippen LogP contribution in [0.4, 0.5) is 5.69 Å². The van der Waals surface area contributed by atoms with Crippen LogP contribution in [0, 0.1) is 0 Å². The highest BCUT2D eigenvalue weighted by atomic mass is 16.5. The van der Waals surface area contributed by atoms with Gasteiger partial charge < -0.3 is 24.0 Å². The smallest absolute Gasteiger partial charge is 0.253 e. The lowest BCUT2D eigenvalue weighted by atomic mass is 10.1. The van der Waals surface area contributed by atoms with Crippen LogP contribution in [0.25, 0.3) is 0 Å². The average molecular weight is 447 g/mol. The van der Waals surface area contributed by atoms with Gasteiger partial charge in [-0.05, 0) is 49.4 Å². The number of ether oxygens (including phenoxy) is 3. The third-order valence-electron chi connectivity index (χ3n) is 5.73. The number of anilines is 1. The predicted octanol–water partition coefficient (Wildman–Crippen LogP) is 4.64. The second-order valence-corrected chi connectivity index (χ2v) is 7.84. The molecule has 1 fully saturated rings. The highest BCUT2D eigenvalue weighted by Gasteiger charge is 2.23. The molecule has 1 aliphatic heterocycles. The summed E-state index contributed by atoms with van der Waals surface area (Å²) in [6, 6.07) is 23.4. The normalized spacial score (nSPS) is 13.5. The van der Waals surface area contributed by atoms with Gasteiger partial charge in [0, 0.05) is 49.1 Å². The zero-order chi connectivity index (χ0) is 23.0. The quantitative estimate of drug-likeness (QED) is 0.505. The van der Waals surface area contributed by atoms with Gasteiger partial charge in [-0.1, -0.05) is 24.3 Å². The van der Waals surface area contributed by atoms with Gasteiger partial charge in [0.05, 0.1) is 13.7 Å². The van der Waals surface area contributed by atoms with Gasteiger partial charge in [-0.15, -0.1) is 0 Å². The van der Waals surface area contributed by atoms with Crippen molar-refractivity contribution in [3.8, 4) is 17.2 Å². The van der Waals surface area contributed by atoms with Crippen molar-refractivity contribution in [2.24, 2.45) is 0 Å². The molecule has 0 saturated carbocycles. The minimum atomic E-state index is 0.0355. The summed E-state index contributed by atoms with van der Waals surface area (Å²) in [5.74, 6) is 2.20. The predicted molar refractivity (Wildman–Crippen MR) is 129 cm³/mol. The average Bonchev–Trinajstić information content (AvgIpc) is 2.88. The van der Waals surface area contributed by atoms with Crippen molar-refractivity contribution in [1.29, 1.82) is 0 Å². The van der Waals surface area contributed by atoms with Crippen LogP contribution in [0.2, 0.25) is 0 Å². The first-order chi connectivity index (χ1) is 16.2. The van der Waals surface area contributed by atoms with E-state index in [0.717, 1.165) is 30.2 Å². The van der Waals surface area contributed by atoms with E-state index >= 15 is 0 Å². The molecule has 0 unspecified atom stereocenters. The van der Waals surface area contributed by atoms with Crippen molar-refractivity contribution >= 4 is 11.6 Å². The number of nitrogens with zero attached hydrogens (tertiary/aromatic N) is 2. The number of methoxy groups -OCH3 is 1. The molecule has 6 nitrogen and oxygen atoms in total. The first-order valence-electron chi connectivity index (χ1n) is 11.3. The molecule has 6 heteroatoms. The molecule has 1 amide bonds. The Bertz CT molecular complexity index is 1060. The number of piperazine rings is 1. The van der Waals surface area contributed by atoms with E-state index in [1.54, 1.807) is 7.11 Å². The van der Waals surface area contributed by atoms with Gasteiger partial charge in [0.2, 0.25) is 0 Å². The van der Waals surface area contributed by atoms with E-state index in [4.69, 9.17) is 14.2 Å². The van der Waals surface area contributed by atoms with Gasteiger partial charge in [-0.25, -0.2) is 0 Å². The highest BCUT2D eigenvalue weighted by Crippen LogP contribution is 2.26. The third kappa shape index (κ3) is 5.58. The van der Waals surface area contributed by atoms with Gasteiger partial charge >= 0.3 is 0 Å². The number of benzene rings is 3. The Kier molecular flexibility index (Phi) is 7.35. The summed E-state index contributed by atoms with van der Waals surface area (Å²) in [6.07, 6.45) is 0. The number of carbonyl (C=O) groups is 1. The molecular formula is C27H30N2O4. The lowest BCUT2D eigenvalue weighted by Gasteiger charge is -2.36. The summed E-state index contributed by atoms with van der Waals surface area (Å²) in [5.41, 5.74) is 2.69. The second kappa shape index (κ2) is 10.8. The Labute approximate surface area is 195 Å². The molecule has 0 aliphatic carbocycles. The molecule has 0 radical (unpaired) electrons. The number of rotatable bonds is 8. The topological polar surface area (TPSA) is 51.2 Å². The lowest BCUT2D eigenvalue weighted by Crippen LogP contribution is -2.48. The Hall–Kier alpha value is -3.67.